The van der Waals surface area contributed by atoms with Gasteiger partial charge in [-0.1, -0.05) is 76.6 Å². The SMILES string of the molecule is O=P(c1ccccc1)(c1ccccc1)c1cc(C(F)(F)F)ccc1Br. The first-order chi connectivity index (χ1) is 11.8. The Balaban J connectivity index is 2.33. The highest BCUT2D eigenvalue weighted by Gasteiger charge is 2.36. The van der Waals surface area contributed by atoms with E-state index in [1.807, 2.05) is 0 Å². The van der Waals surface area contributed by atoms with Gasteiger partial charge in [0, 0.05) is 20.4 Å². The molecule has 0 saturated heterocycles. The lowest BCUT2D eigenvalue weighted by molar-refractivity contribution is -0.137. The van der Waals surface area contributed by atoms with Gasteiger partial charge in [0.15, 0.2) is 7.14 Å². The molecular weight excluding hydrogens is 412 g/mol. The molecule has 0 fully saturated rings. The van der Waals surface area contributed by atoms with Crippen LogP contribution in [0.3, 0.4) is 0 Å². The van der Waals surface area contributed by atoms with Crippen LogP contribution in [0.4, 0.5) is 13.2 Å². The average Bonchev–Trinajstić information content (AvgIpc) is 2.62. The first-order valence-corrected chi connectivity index (χ1v) is 9.92. The number of hydrogen-bond donors (Lipinski definition) is 0. The van der Waals surface area contributed by atoms with Crippen molar-refractivity contribution in [2.75, 3.05) is 0 Å². The van der Waals surface area contributed by atoms with Crippen LogP contribution in [-0.4, -0.2) is 0 Å². The van der Waals surface area contributed by atoms with Crippen molar-refractivity contribution >= 4 is 39.0 Å². The number of rotatable bonds is 3. The van der Waals surface area contributed by atoms with Crippen LogP contribution in [0.1, 0.15) is 5.56 Å². The summed E-state index contributed by atoms with van der Waals surface area (Å²) in [5, 5.41) is 1.11. The van der Waals surface area contributed by atoms with Crippen LogP contribution >= 0.6 is 23.1 Å². The maximum Gasteiger partial charge on any atom is 0.416 e. The van der Waals surface area contributed by atoms with Gasteiger partial charge >= 0.3 is 6.18 Å². The third-order valence-electron chi connectivity index (χ3n) is 3.85. The molecule has 0 bridgehead atoms. The van der Waals surface area contributed by atoms with Gasteiger partial charge in [0.2, 0.25) is 0 Å². The summed E-state index contributed by atoms with van der Waals surface area (Å²) in [6, 6.07) is 20.5. The molecule has 6 heteroatoms. The fraction of sp³-hybridized carbons (Fsp3) is 0.0526. The zero-order valence-corrected chi connectivity index (χ0v) is 15.4. The molecule has 1 nitrogen and oxygen atoms in total. The largest absolute Gasteiger partial charge is 0.416 e. The summed E-state index contributed by atoms with van der Waals surface area (Å²) < 4.78 is 54.1. The van der Waals surface area contributed by atoms with Gasteiger partial charge in [-0.15, -0.1) is 0 Å². The van der Waals surface area contributed by atoms with E-state index >= 15 is 0 Å². The van der Waals surface area contributed by atoms with E-state index in [1.54, 1.807) is 60.7 Å². The minimum atomic E-state index is -4.51. The molecule has 0 heterocycles. The number of halogens is 4. The van der Waals surface area contributed by atoms with Crippen LogP contribution in [0, 0.1) is 0 Å². The molecule has 0 saturated carbocycles. The van der Waals surface area contributed by atoms with E-state index in [9.17, 15) is 17.7 Å². The zero-order chi connectivity index (χ0) is 18.1. The highest BCUT2D eigenvalue weighted by molar-refractivity contribution is 9.10. The van der Waals surface area contributed by atoms with Gasteiger partial charge < -0.3 is 4.57 Å². The lowest BCUT2D eigenvalue weighted by Crippen LogP contribution is -2.26. The molecule has 0 aliphatic heterocycles. The summed E-state index contributed by atoms with van der Waals surface area (Å²) in [5.41, 5.74) is -0.821. The standard InChI is InChI=1S/C19H13BrF3OP/c20-17-12-11-14(19(21,22)23)13-18(17)25(24,15-7-3-1-4-8-15)16-9-5-2-6-10-16/h1-13H. The maximum absolute atomic E-state index is 14.1. The molecule has 0 atom stereocenters. The maximum atomic E-state index is 14.1. The van der Waals surface area contributed by atoms with E-state index in [0.29, 0.717) is 15.1 Å². The minimum absolute atomic E-state index is 0.139. The summed E-state index contributed by atoms with van der Waals surface area (Å²) in [6.07, 6.45) is -4.51. The van der Waals surface area contributed by atoms with Gasteiger partial charge in [-0.2, -0.15) is 13.2 Å². The van der Waals surface area contributed by atoms with Gasteiger partial charge in [0.25, 0.3) is 0 Å². The Labute approximate surface area is 152 Å². The summed E-state index contributed by atoms with van der Waals surface area (Å²) in [7, 11) is -3.46. The summed E-state index contributed by atoms with van der Waals surface area (Å²) in [6.45, 7) is 0. The second-order valence-corrected chi connectivity index (χ2v) is 9.03. The van der Waals surface area contributed by atoms with Crippen molar-refractivity contribution in [1.29, 1.82) is 0 Å². The molecule has 0 aliphatic rings. The molecule has 0 aliphatic carbocycles. The first kappa shape index (κ1) is 18.0. The topological polar surface area (TPSA) is 17.1 Å². The Morgan fingerprint density at radius 1 is 0.760 bits per heavy atom. The van der Waals surface area contributed by atoms with E-state index in [0.717, 1.165) is 12.1 Å². The fourth-order valence-electron chi connectivity index (χ4n) is 2.63. The van der Waals surface area contributed by atoms with Crippen molar-refractivity contribution in [3.05, 3.63) is 88.9 Å². The lowest BCUT2D eigenvalue weighted by atomic mass is 10.2. The van der Waals surface area contributed by atoms with Crippen LogP contribution in [0.15, 0.2) is 83.3 Å². The van der Waals surface area contributed by atoms with Crippen LogP contribution in [0.5, 0.6) is 0 Å². The molecule has 3 aromatic carbocycles. The number of benzene rings is 3. The van der Waals surface area contributed by atoms with Crippen LogP contribution in [-0.2, 0) is 10.7 Å². The third-order valence-corrected chi connectivity index (χ3v) is 7.95. The van der Waals surface area contributed by atoms with E-state index in [-0.39, 0.29) is 5.30 Å². The molecule has 3 rings (SSSR count). The van der Waals surface area contributed by atoms with Crippen LogP contribution < -0.4 is 15.9 Å². The number of alkyl halides is 3. The molecule has 0 spiro atoms. The van der Waals surface area contributed by atoms with Gasteiger partial charge in [-0.3, -0.25) is 0 Å². The van der Waals surface area contributed by atoms with Crippen LogP contribution in [0.2, 0.25) is 0 Å². The summed E-state index contributed by atoms with van der Waals surface area (Å²) in [5.74, 6) is 0. The molecule has 128 valence electrons. The van der Waals surface area contributed by atoms with Crippen molar-refractivity contribution in [3.8, 4) is 0 Å². The van der Waals surface area contributed by atoms with Gasteiger partial charge in [0.05, 0.1) is 5.56 Å². The van der Waals surface area contributed by atoms with Gasteiger partial charge in [0.1, 0.15) is 0 Å². The normalized spacial score (nSPS) is 12.2. The molecule has 0 radical (unpaired) electrons. The first-order valence-electron chi connectivity index (χ1n) is 7.42. The van der Waals surface area contributed by atoms with E-state index in [4.69, 9.17) is 0 Å². The predicted octanol–water partition coefficient (Wildman–Crippen LogP) is 5.11. The van der Waals surface area contributed by atoms with E-state index in [1.165, 1.54) is 6.07 Å². The van der Waals surface area contributed by atoms with Crippen molar-refractivity contribution in [2.45, 2.75) is 6.18 Å². The Bertz CT molecular complexity index is 881. The summed E-state index contributed by atoms with van der Waals surface area (Å²) in [4.78, 5) is 0. The molecule has 25 heavy (non-hydrogen) atoms. The van der Waals surface area contributed by atoms with E-state index < -0.39 is 18.9 Å². The average molecular weight is 425 g/mol. The fourth-order valence-corrected chi connectivity index (χ4v) is 6.36. The van der Waals surface area contributed by atoms with Crippen LogP contribution in [0.25, 0.3) is 0 Å². The molecule has 0 unspecified atom stereocenters. The summed E-state index contributed by atoms with van der Waals surface area (Å²) >= 11 is 3.29. The Morgan fingerprint density at radius 2 is 1.24 bits per heavy atom. The quantitative estimate of drug-likeness (QED) is 0.534. The van der Waals surface area contributed by atoms with Crippen molar-refractivity contribution in [3.63, 3.8) is 0 Å². The second-order valence-electron chi connectivity index (χ2n) is 5.44. The minimum Gasteiger partial charge on any atom is -0.309 e. The van der Waals surface area contributed by atoms with E-state index in [2.05, 4.69) is 15.9 Å². The molecule has 0 aromatic heterocycles. The van der Waals surface area contributed by atoms with Crippen molar-refractivity contribution in [2.24, 2.45) is 0 Å². The third kappa shape index (κ3) is 3.44. The van der Waals surface area contributed by atoms with Gasteiger partial charge in [-0.05, 0) is 18.2 Å². The smallest absolute Gasteiger partial charge is 0.309 e. The highest BCUT2D eigenvalue weighted by atomic mass is 79.9. The molecular formula is C19H13BrF3OP. The highest BCUT2D eigenvalue weighted by Crippen LogP contribution is 2.45. The molecule has 0 amide bonds. The monoisotopic (exact) mass is 424 g/mol. The number of hydrogen-bond acceptors (Lipinski definition) is 1. The molecule has 0 N–H and O–H groups in total. The Hall–Kier alpha value is -1.84. The molecule has 3 aromatic rings. The zero-order valence-electron chi connectivity index (χ0n) is 12.9. The Kier molecular flexibility index (Phi) is 4.90. The van der Waals surface area contributed by atoms with Gasteiger partial charge in [-0.25, -0.2) is 0 Å². The second kappa shape index (κ2) is 6.81. The van der Waals surface area contributed by atoms with Crippen molar-refractivity contribution in [1.82, 2.24) is 0 Å². The Morgan fingerprint density at radius 3 is 1.68 bits per heavy atom. The predicted molar refractivity (Wildman–Crippen MR) is 98.5 cm³/mol. The van der Waals surface area contributed by atoms with Crippen molar-refractivity contribution < 1.29 is 17.7 Å². The lowest BCUT2D eigenvalue weighted by Gasteiger charge is -2.22.